The number of anilines is 1. The molecule has 3 heterocycles. The van der Waals surface area contributed by atoms with Gasteiger partial charge in [-0.2, -0.15) is 0 Å². The van der Waals surface area contributed by atoms with E-state index in [1.165, 1.54) is 19.3 Å². The highest BCUT2D eigenvalue weighted by molar-refractivity contribution is 5.86. The zero-order chi connectivity index (χ0) is 19.0. The number of hydrogen-bond donors (Lipinski definition) is 1. The van der Waals surface area contributed by atoms with Crippen molar-refractivity contribution in [3.63, 3.8) is 0 Å². The second kappa shape index (κ2) is 5.71. The van der Waals surface area contributed by atoms with Crippen LogP contribution in [-0.4, -0.2) is 39.1 Å². The van der Waals surface area contributed by atoms with Crippen LogP contribution in [0.25, 0.3) is 11.2 Å². The Labute approximate surface area is 165 Å². The van der Waals surface area contributed by atoms with E-state index in [1.54, 1.807) is 0 Å². The molecule has 6 rings (SSSR count). The maximum Gasteiger partial charge on any atom is 0.163 e. The number of nitrogens with zero attached hydrogens (tertiary/aromatic N) is 3. The number of aromatic nitrogens is 3. The third-order valence-electron chi connectivity index (χ3n) is 6.45. The van der Waals surface area contributed by atoms with E-state index in [1.807, 2.05) is 26.2 Å². The summed E-state index contributed by atoms with van der Waals surface area (Å²) in [7, 11) is 0. The van der Waals surface area contributed by atoms with Crippen molar-refractivity contribution in [3.8, 4) is 11.8 Å². The van der Waals surface area contributed by atoms with Gasteiger partial charge in [-0.05, 0) is 63.9 Å². The molecule has 146 valence electrons. The summed E-state index contributed by atoms with van der Waals surface area (Å²) in [5.74, 6) is 7.86. The molecule has 28 heavy (non-hydrogen) atoms. The molecule has 4 aliphatic rings. The first kappa shape index (κ1) is 16.8. The lowest BCUT2D eigenvalue weighted by Gasteiger charge is -2.24. The van der Waals surface area contributed by atoms with Gasteiger partial charge >= 0.3 is 0 Å². The van der Waals surface area contributed by atoms with Crippen molar-refractivity contribution < 1.29 is 9.47 Å². The topological polar surface area (TPSA) is 61.2 Å². The number of hydrogen-bond acceptors (Lipinski definition) is 5. The molecule has 2 aromatic heterocycles. The smallest absolute Gasteiger partial charge is 0.163 e. The normalized spacial score (nSPS) is 34.6. The summed E-state index contributed by atoms with van der Waals surface area (Å²) in [5, 5.41) is 3.44. The summed E-state index contributed by atoms with van der Waals surface area (Å²) in [6.07, 6.45) is 5.83. The summed E-state index contributed by atoms with van der Waals surface area (Å²) >= 11 is 0. The molecule has 0 amide bonds. The van der Waals surface area contributed by atoms with Gasteiger partial charge in [0.05, 0.1) is 24.2 Å². The number of fused-ring (bicyclic) bond motifs is 4. The summed E-state index contributed by atoms with van der Waals surface area (Å²) in [6.45, 7) is 6.96. The Morgan fingerprint density at radius 2 is 2.07 bits per heavy atom. The molecule has 6 heteroatoms. The number of nitrogens with one attached hydrogen (secondary N) is 1. The van der Waals surface area contributed by atoms with Gasteiger partial charge < -0.3 is 19.4 Å². The third-order valence-corrected chi connectivity index (χ3v) is 6.45. The van der Waals surface area contributed by atoms with Gasteiger partial charge in [0.1, 0.15) is 17.3 Å². The Hall–Kier alpha value is -2.10. The third kappa shape index (κ3) is 2.57. The van der Waals surface area contributed by atoms with Crippen molar-refractivity contribution in [2.75, 3.05) is 11.9 Å². The molecule has 0 spiro atoms. The molecule has 0 unspecified atom stereocenters. The van der Waals surface area contributed by atoms with Crippen LogP contribution >= 0.6 is 0 Å². The minimum Gasteiger partial charge on any atom is -0.383 e. The van der Waals surface area contributed by atoms with Gasteiger partial charge in [-0.1, -0.05) is 5.92 Å². The molecule has 0 bridgehead atoms. The van der Waals surface area contributed by atoms with Crippen LogP contribution in [0.2, 0.25) is 0 Å². The molecule has 1 saturated heterocycles. The van der Waals surface area contributed by atoms with Crippen LogP contribution in [0.15, 0.2) is 12.4 Å². The monoisotopic (exact) mass is 378 g/mol. The summed E-state index contributed by atoms with van der Waals surface area (Å²) in [6, 6.07) is 2.27. The van der Waals surface area contributed by atoms with Gasteiger partial charge in [0.25, 0.3) is 0 Å². The van der Waals surface area contributed by atoms with Crippen molar-refractivity contribution in [1.82, 2.24) is 14.5 Å². The molecular weight excluding hydrogens is 352 g/mol. The first-order chi connectivity index (χ1) is 13.5. The highest BCUT2D eigenvalue weighted by Gasteiger charge is 2.66. The van der Waals surface area contributed by atoms with Gasteiger partial charge in [-0.15, -0.1) is 0 Å². The Morgan fingerprint density at radius 3 is 2.86 bits per heavy atom. The lowest BCUT2D eigenvalue weighted by Crippen LogP contribution is -2.30. The molecule has 3 aliphatic carbocycles. The second-order valence-corrected chi connectivity index (χ2v) is 9.07. The molecule has 0 aromatic carbocycles. The van der Waals surface area contributed by atoms with Crippen molar-refractivity contribution in [2.24, 2.45) is 17.8 Å². The van der Waals surface area contributed by atoms with Crippen LogP contribution in [0.3, 0.4) is 0 Å². The molecule has 3 saturated carbocycles. The first-order valence-corrected chi connectivity index (χ1v) is 10.5. The van der Waals surface area contributed by atoms with Crippen molar-refractivity contribution in [3.05, 3.63) is 18.1 Å². The minimum atomic E-state index is -0.513. The van der Waals surface area contributed by atoms with Crippen LogP contribution in [0.4, 0.5) is 5.69 Å². The van der Waals surface area contributed by atoms with Crippen LogP contribution in [0, 0.1) is 29.6 Å². The van der Waals surface area contributed by atoms with E-state index in [0.29, 0.717) is 17.8 Å². The lowest BCUT2D eigenvalue weighted by atomic mass is 10.1. The Morgan fingerprint density at radius 1 is 1.25 bits per heavy atom. The second-order valence-electron chi connectivity index (χ2n) is 9.07. The maximum absolute atomic E-state index is 6.31. The van der Waals surface area contributed by atoms with Gasteiger partial charge in [0, 0.05) is 12.5 Å². The first-order valence-electron chi connectivity index (χ1n) is 10.5. The number of ether oxygens (including phenoxy) is 2. The van der Waals surface area contributed by atoms with E-state index in [2.05, 4.69) is 28.6 Å². The van der Waals surface area contributed by atoms with Crippen molar-refractivity contribution >= 4 is 16.9 Å². The molecule has 6 nitrogen and oxygen atoms in total. The van der Waals surface area contributed by atoms with Gasteiger partial charge in [0.15, 0.2) is 11.4 Å². The molecular formula is C22H26N4O2. The zero-order valence-electron chi connectivity index (χ0n) is 16.6. The fraction of sp³-hybridized carbons (Fsp3) is 0.636. The van der Waals surface area contributed by atoms with E-state index in [9.17, 15) is 0 Å². The van der Waals surface area contributed by atoms with Crippen LogP contribution in [0.1, 0.15) is 51.8 Å². The fourth-order valence-corrected chi connectivity index (χ4v) is 5.04. The molecule has 0 radical (unpaired) electrons. The van der Waals surface area contributed by atoms with Gasteiger partial charge in [0.2, 0.25) is 0 Å². The number of rotatable bonds is 3. The summed E-state index contributed by atoms with van der Waals surface area (Å²) in [5.41, 5.74) is 3.65. The highest BCUT2D eigenvalue weighted by atomic mass is 16.8. The quantitative estimate of drug-likeness (QED) is 0.830. The molecule has 5 atom stereocenters. The maximum atomic E-state index is 6.31. The van der Waals surface area contributed by atoms with Gasteiger partial charge in [-0.25, -0.2) is 9.97 Å². The van der Waals surface area contributed by atoms with E-state index >= 15 is 0 Å². The Bertz CT molecular complexity index is 1010. The van der Waals surface area contributed by atoms with E-state index in [4.69, 9.17) is 19.4 Å². The van der Waals surface area contributed by atoms with Crippen molar-refractivity contribution in [2.45, 2.75) is 64.1 Å². The predicted octanol–water partition coefficient (Wildman–Crippen LogP) is 3.34. The minimum absolute atomic E-state index is 0.0711. The fourth-order valence-electron chi connectivity index (χ4n) is 5.04. The van der Waals surface area contributed by atoms with Crippen LogP contribution < -0.4 is 5.32 Å². The molecule has 1 aliphatic heterocycles. The van der Waals surface area contributed by atoms with E-state index in [-0.39, 0.29) is 18.2 Å². The molecule has 2 aromatic rings. The lowest BCUT2D eigenvalue weighted by molar-refractivity contribution is -0.156. The van der Waals surface area contributed by atoms with Gasteiger partial charge in [-0.3, -0.25) is 0 Å². The number of imidazole rings is 1. The molecule has 1 N–H and O–H groups in total. The van der Waals surface area contributed by atoms with Crippen molar-refractivity contribution in [1.29, 1.82) is 0 Å². The standard InChI is InChI=1S/C22H26N4O2/c1-4-23-16-9-13(8-7-12-5-6-12)25-21-17(16)24-11-26(21)18-14-10-15(14)19-20(18)28-22(2,3)27-19/h9,11-12,14-15,18-20H,4-6,10H2,1-3H3,(H,23,25)/t14-,15+,18+,19+,20-/m0/s1. The SMILES string of the molecule is CCNc1cc(C#CC2CC2)nc2c1ncn2[C@@H]1[C@H]2C[C@H]2[C@H]2OC(C)(C)O[C@H]21. The molecule has 4 fully saturated rings. The average molecular weight is 378 g/mol. The summed E-state index contributed by atoms with van der Waals surface area (Å²) < 4.78 is 14.8. The highest BCUT2D eigenvalue weighted by Crippen LogP contribution is 2.63. The predicted molar refractivity (Wildman–Crippen MR) is 106 cm³/mol. The number of pyridine rings is 1. The van der Waals surface area contributed by atoms with Crippen LogP contribution in [-0.2, 0) is 9.47 Å². The average Bonchev–Trinajstić information content (AvgIpc) is 3.53. The van der Waals surface area contributed by atoms with E-state index in [0.717, 1.165) is 29.1 Å². The zero-order valence-corrected chi connectivity index (χ0v) is 16.6. The van der Waals surface area contributed by atoms with Crippen LogP contribution in [0.5, 0.6) is 0 Å². The Kier molecular flexibility index (Phi) is 3.43. The summed E-state index contributed by atoms with van der Waals surface area (Å²) in [4.78, 5) is 9.64. The van der Waals surface area contributed by atoms with E-state index < -0.39 is 5.79 Å². The Balaban J connectivity index is 1.44. The largest absolute Gasteiger partial charge is 0.383 e.